The summed E-state index contributed by atoms with van der Waals surface area (Å²) in [7, 11) is 3.04. The van der Waals surface area contributed by atoms with Crippen LogP contribution in [-0.4, -0.2) is 42.9 Å². The van der Waals surface area contributed by atoms with E-state index in [0.717, 1.165) is 25.7 Å². The third-order valence-corrected chi connectivity index (χ3v) is 3.59. The first-order valence-electron chi connectivity index (χ1n) is 7.71. The molecule has 0 aromatic heterocycles. The number of hydrogen-bond donors (Lipinski definition) is 1. The van der Waals surface area contributed by atoms with Gasteiger partial charge in [-0.2, -0.15) is 0 Å². The Morgan fingerprint density at radius 3 is 2.27 bits per heavy atom. The predicted octanol–water partition coefficient (Wildman–Crippen LogP) is 2.65. The summed E-state index contributed by atoms with van der Waals surface area (Å²) in [6.07, 6.45) is 6.80. The van der Waals surface area contributed by atoms with Gasteiger partial charge in [0.2, 0.25) is 0 Å². The summed E-state index contributed by atoms with van der Waals surface area (Å²) in [5.74, 6) is 0.197. The van der Waals surface area contributed by atoms with Gasteiger partial charge < -0.3 is 10.1 Å². The molecule has 0 aromatic carbocycles. The van der Waals surface area contributed by atoms with E-state index in [0.29, 0.717) is 5.92 Å². The lowest BCUT2D eigenvalue weighted by atomic mass is 9.86. The zero-order valence-electron chi connectivity index (χ0n) is 14.2. The van der Waals surface area contributed by atoms with Crippen LogP contribution in [0.3, 0.4) is 0 Å². The van der Waals surface area contributed by atoms with Crippen LogP contribution in [-0.2, 0) is 14.4 Å². The van der Waals surface area contributed by atoms with Crippen LogP contribution in [0, 0.1) is 5.92 Å². The Kier molecular flexibility index (Phi) is 6.87. The quantitative estimate of drug-likeness (QED) is 0.640. The highest BCUT2D eigenvalue weighted by Crippen LogP contribution is 2.25. The topological polar surface area (TPSA) is 67.9 Å². The fourth-order valence-electron chi connectivity index (χ4n) is 2.34. The van der Waals surface area contributed by atoms with Crippen LogP contribution < -0.4 is 5.32 Å². The van der Waals surface area contributed by atoms with Gasteiger partial charge in [-0.15, -0.1) is 0 Å². The molecule has 1 N–H and O–H groups in total. The maximum atomic E-state index is 11.7. The SMILES string of the molecule is CON(C)C(=O)C=CC1CCC(NC(=O)OC(C)(C)C)CC1. The normalized spacial score (nSPS) is 22.4. The molecule has 0 radical (unpaired) electrons. The van der Waals surface area contributed by atoms with Crippen molar-refractivity contribution >= 4 is 12.0 Å². The number of carbonyl (C=O) groups is 2. The smallest absolute Gasteiger partial charge is 0.407 e. The molecule has 0 aromatic rings. The van der Waals surface area contributed by atoms with Gasteiger partial charge in [0.15, 0.2) is 0 Å². The Hall–Kier alpha value is -1.56. The average molecular weight is 312 g/mol. The van der Waals surface area contributed by atoms with E-state index >= 15 is 0 Å². The molecule has 126 valence electrons. The molecule has 0 aliphatic heterocycles. The molecular formula is C16H28N2O4. The van der Waals surface area contributed by atoms with Gasteiger partial charge in [0.25, 0.3) is 5.91 Å². The van der Waals surface area contributed by atoms with Crippen molar-refractivity contribution < 1.29 is 19.2 Å². The van der Waals surface area contributed by atoms with Gasteiger partial charge in [-0.3, -0.25) is 9.63 Å². The summed E-state index contributed by atoms with van der Waals surface area (Å²) in [5, 5.41) is 4.09. The fraction of sp³-hybridized carbons (Fsp3) is 0.750. The molecule has 0 atom stereocenters. The number of hydrogen-bond acceptors (Lipinski definition) is 4. The molecule has 0 bridgehead atoms. The lowest BCUT2D eigenvalue weighted by Gasteiger charge is -2.28. The van der Waals surface area contributed by atoms with Crippen molar-refractivity contribution in [2.75, 3.05) is 14.2 Å². The zero-order chi connectivity index (χ0) is 16.8. The lowest BCUT2D eigenvalue weighted by Crippen LogP contribution is -2.40. The Morgan fingerprint density at radius 2 is 1.77 bits per heavy atom. The van der Waals surface area contributed by atoms with E-state index in [1.54, 1.807) is 13.1 Å². The van der Waals surface area contributed by atoms with Crippen LogP contribution in [0.2, 0.25) is 0 Å². The van der Waals surface area contributed by atoms with Crippen molar-refractivity contribution in [3.63, 3.8) is 0 Å². The number of allylic oxidation sites excluding steroid dienone is 1. The summed E-state index contributed by atoms with van der Waals surface area (Å²) in [4.78, 5) is 28.1. The first kappa shape index (κ1) is 18.5. The largest absolute Gasteiger partial charge is 0.444 e. The van der Waals surface area contributed by atoms with Crippen molar-refractivity contribution in [3.05, 3.63) is 12.2 Å². The second-order valence-electron chi connectivity index (χ2n) is 6.64. The fourth-order valence-corrected chi connectivity index (χ4v) is 2.34. The number of rotatable bonds is 4. The third kappa shape index (κ3) is 6.93. The molecule has 22 heavy (non-hydrogen) atoms. The number of amides is 2. The van der Waals surface area contributed by atoms with Gasteiger partial charge in [-0.05, 0) is 52.4 Å². The summed E-state index contributed by atoms with van der Waals surface area (Å²) in [5.41, 5.74) is -0.474. The highest BCUT2D eigenvalue weighted by atomic mass is 16.7. The minimum absolute atomic E-state index is 0.150. The molecule has 0 saturated heterocycles. The molecule has 1 fully saturated rings. The standard InChI is InChI=1S/C16H28N2O4/c1-16(2,3)22-15(20)17-13-9-6-12(7-10-13)8-11-14(19)18(4)21-5/h8,11-13H,6-7,9-10H2,1-5H3,(H,17,20). The summed E-state index contributed by atoms with van der Waals surface area (Å²) in [6, 6.07) is 0.150. The number of ether oxygens (including phenoxy) is 1. The van der Waals surface area contributed by atoms with E-state index in [9.17, 15) is 9.59 Å². The van der Waals surface area contributed by atoms with E-state index < -0.39 is 5.60 Å². The molecule has 2 amide bonds. The number of carbonyl (C=O) groups excluding carboxylic acids is 2. The molecule has 1 rings (SSSR count). The monoisotopic (exact) mass is 312 g/mol. The molecule has 1 saturated carbocycles. The highest BCUT2D eigenvalue weighted by Gasteiger charge is 2.23. The minimum Gasteiger partial charge on any atom is -0.444 e. The van der Waals surface area contributed by atoms with E-state index in [1.807, 2.05) is 26.8 Å². The second-order valence-corrected chi connectivity index (χ2v) is 6.64. The lowest BCUT2D eigenvalue weighted by molar-refractivity contribution is -0.162. The second kappa shape index (κ2) is 8.17. The maximum Gasteiger partial charge on any atom is 0.407 e. The molecule has 6 heteroatoms. The molecular weight excluding hydrogens is 284 g/mol. The van der Waals surface area contributed by atoms with E-state index in [-0.39, 0.29) is 18.0 Å². The summed E-state index contributed by atoms with van der Waals surface area (Å²) >= 11 is 0. The van der Waals surface area contributed by atoms with Crippen LogP contribution in [0.1, 0.15) is 46.5 Å². The van der Waals surface area contributed by atoms with Crippen LogP contribution in [0.25, 0.3) is 0 Å². The van der Waals surface area contributed by atoms with Gasteiger partial charge >= 0.3 is 6.09 Å². The van der Waals surface area contributed by atoms with Gasteiger partial charge in [-0.1, -0.05) is 6.08 Å². The minimum atomic E-state index is -0.474. The van der Waals surface area contributed by atoms with Gasteiger partial charge in [-0.25, -0.2) is 9.86 Å². The third-order valence-electron chi connectivity index (χ3n) is 3.59. The maximum absolute atomic E-state index is 11.7. The van der Waals surface area contributed by atoms with Crippen molar-refractivity contribution in [1.29, 1.82) is 0 Å². The first-order chi connectivity index (χ1) is 10.2. The molecule has 1 aliphatic carbocycles. The molecule has 0 unspecified atom stereocenters. The van der Waals surface area contributed by atoms with Crippen molar-refractivity contribution in [1.82, 2.24) is 10.4 Å². The van der Waals surface area contributed by atoms with Crippen molar-refractivity contribution in [3.8, 4) is 0 Å². The van der Waals surface area contributed by atoms with Crippen LogP contribution in [0.15, 0.2) is 12.2 Å². The number of nitrogens with zero attached hydrogens (tertiary/aromatic N) is 1. The van der Waals surface area contributed by atoms with Gasteiger partial charge in [0.05, 0.1) is 7.11 Å². The number of alkyl carbamates (subject to hydrolysis) is 1. The van der Waals surface area contributed by atoms with Gasteiger partial charge in [0.1, 0.15) is 5.60 Å². The highest BCUT2D eigenvalue weighted by molar-refractivity contribution is 5.86. The summed E-state index contributed by atoms with van der Waals surface area (Å²) in [6.45, 7) is 5.55. The average Bonchev–Trinajstić information content (AvgIpc) is 2.43. The van der Waals surface area contributed by atoms with E-state index in [1.165, 1.54) is 12.2 Å². The zero-order valence-corrected chi connectivity index (χ0v) is 14.2. The molecule has 6 nitrogen and oxygen atoms in total. The molecule has 0 heterocycles. The van der Waals surface area contributed by atoms with E-state index in [4.69, 9.17) is 9.57 Å². The Morgan fingerprint density at radius 1 is 1.18 bits per heavy atom. The van der Waals surface area contributed by atoms with Crippen molar-refractivity contribution in [2.45, 2.75) is 58.1 Å². The number of likely N-dealkylation sites (N-methyl/N-ethyl adjacent to an activating group) is 1. The van der Waals surface area contributed by atoms with Crippen molar-refractivity contribution in [2.24, 2.45) is 5.92 Å². The molecule has 0 spiro atoms. The predicted molar refractivity (Wildman–Crippen MR) is 84.0 cm³/mol. The Balaban J connectivity index is 2.33. The van der Waals surface area contributed by atoms with E-state index in [2.05, 4.69) is 5.32 Å². The Bertz CT molecular complexity index is 407. The van der Waals surface area contributed by atoms with Crippen LogP contribution >= 0.6 is 0 Å². The number of hydroxylamine groups is 2. The molecule has 1 aliphatic rings. The Labute approximate surface area is 132 Å². The number of nitrogens with one attached hydrogen (secondary N) is 1. The van der Waals surface area contributed by atoms with Gasteiger partial charge in [0, 0.05) is 19.2 Å². The van der Waals surface area contributed by atoms with Crippen LogP contribution in [0.4, 0.5) is 4.79 Å². The summed E-state index contributed by atoms with van der Waals surface area (Å²) < 4.78 is 5.26. The first-order valence-corrected chi connectivity index (χ1v) is 7.71. The van der Waals surface area contributed by atoms with Crippen LogP contribution in [0.5, 0.6) is 0 Å².